The van der Waals surface area contributed by atoms with Gasteiger partial charge in [0.25, 0.3) is 0 Å². The highest BCUT2D eigenvalue weighted by atomic mass is 32.2. The third-order valence-corrected chi connectivity index (χ3v) is 5.45. The highest BCUT2D eigenvalue weighted by Crippen LogP contribution is 2.15. The Labute approximate surface area is 140 Å². The Morgan fingerprint density at radius 1 is 1.30 bits per heavy atom. The van der Waals surface area contributed by atoms with Crippen LogP contribution in [0.2, 0.25) is 0 Å². The summed E-state index contributed by atoms with van der Waals surface area (Å²) in [5.74, 6) is 2.25. The van der Waals surface area contributed by atoms with Crippen molar-refractivity contribution in [3.8, 4) is 5.75 Å². The lowest BCUT2D eigenvalue weighted by Gasteiger charge is -2.31. The SMILES string of the molecule is CCCOc1ccc(CNC(=O)N(C)C2CCS(=O)CC2)cc1. The maximum absolute atomic E-state index is 12.2. The molecule has 1 aromatic rings. The second kappa shape index (κ2) is 8.91. The average Bonchev–Trinajstić information content (AvgIpc) is 2.58. The maximum atomic E-state index is 12.2. The van der Waals surface area contributed by atoms with Gasteiger partial charge in [-0.25, -0.2) is 4.79 Å². The lowest BCUT2D eigenvalue weighted by Crippen LogP contribution is -2.45. The zero-order valence-corrected chi connectivity index (χ0v) is 14.7. The van der Waals surface area contributed by atoms with E-state index in [1.54, 1.807) is 4.90 Å². The molecule has 23 heavy (non-hydrogen) atoms. The lowest BCUT2D eigenvalue weighted by atomic mass is 10.1. The van der Waals surface area contributed by atoms with E-state index < -0.39 is 10.8 Å². The molecule has 1 saturated heterocycles. The fraction of sp³-hybridized carbons (Fsp3) is 0.588. The predicted octanol–water partition coefficient (Wildman–Crippen LogP) is 2.53. The molecule has 6 heteroatoms. The summed E-state index contributed by atoms with van der Waals surface area (Å²) in [5, 5.41) is 2.94. The van der Waals surface area contributed by atoms with Crippen LogP contribution in [0.15, 0.2) is 24.3 Å². The molecule has 2 rings (SSSR count). The van der Waals surface area contributed by atoms with Gasteiger partial charge in [0.05, 0.1) is 6.61 Å². The van der Waals surface area contributed by atoms with E-state index in [1.165, 1.54) is 0 Å². The average molecular weight is 338 g/mol. The molecule has 0 saturated carbocycles. The number of amides is 2. The molecule has 0 radical (unpaired) electrons. The van der Waals surface area contributed by atoms with Gasteiger partial charge in [0, 0.05) is 41.9 Å². The van der Waals surface area contributed by atoms with E-state index in [0.717, 1.165) is 30.6 Å². The molecule has 0 atom stereocenters. The summed E-state index contributed by atoms with van der Waals surface area (Å²) in [7, 11) is 1.12. The lowest BCUT2D eigenvalue weighted by molar-refractivity contribution is 0.185. The van der Waals surface area contributed by atoms with Crippen LogP contribution in [-0.4, -0.2) is 46.3 Å². The molecule has 1 N–H and O–H groups in total. The Hall–Kier alpha value is -1.56. The first-order chi connectivity index (χ1) is 11.1. The third-order valence-electron chi connectivity index (χ3n) is 4.07. The standard InChI is InChI=1S/C17H26N2O3S/c1-3-10-22-16-6-4-14(5-7-16)13-18-17(20)19(2)15-8-11-23(21)12-9-15/h4-7,15H,3,8-13H2,1-2H3,(H,18,20). The van der Waals surface area contributed by atoms with E-state index >= 15 is 0 Å². The first-order valence-electron chi connectivity index (χ1n) is 8.17. The number of urea groups is 1. The van der Waals surface area contributed by atoms with Gasteiger partial charge in [-0.1, -0.05) is 19.1 Å². The van der Waals surface area contributed by atoms with E-state index in [9.17, 15) is 9.00 Å². The predicted molar refractivity (Wildman–Crippen MR) is 93.1 cm³/mol. The minimum atomic E-state index is -0.699. The highest BCUT2D eigenvalue weighted by molar-refractivity contribution is 7.85. The van der Waals surface area contributed by atoms with Gasteiger partial charge in [0.1, 0.15) is 5.75 Å². The smallest absolute Gasteiger partial charge is 0.317 e. The first kappa shape index (κ1) is 17.8. The Morgan fingerprint density at radius 3 is 2.57 bits per heavy atom. The largest absolute Gasteiger partial charge is 0.494 e. The number of carbonyl (C=O) groups is 1. The molecule has 128 valence electrons. The van der Waals surface area contributed by atoms with Gasteiger partial charge in [0.2, 0.25) is 0 Å². The second-order valence-corrected chi connectivity index (χ2v) is 7.54. The minimum Gasteiger partial charge on any atom is -0.494 e. The van der Waals surface area contributed by atoms with Crippen molar-refractivity contribution in [3.05, 3.63) is 29.8 Å². The van der Waals surface area contributed by atoms with Crippen LogP contribution in [0.5, 0.6) is 5.75 Å². The monoisotopic (exact) mass is 338 g/mol. The summed E-state index contributed by atoms with van der Waals surface area (Å²) in [6.45, 7) is 3.29. The number of nitrogens with zero attached hydrogens (tertiary/aromatic N) is 1. The van der Waals surface area contributed by atoms with Crippen molar-refractivity contribution in [1.29, 1.82) is 0 Å². The fourth-order valence-corrected chi connectivity index (χ4v) is 3.83. The van der Waals surface area contributed by atoms with Crippen molar-refractivity contribution in [2.24, 2.45) is 0 Å². The summed E-state index contributed by atoms with van der Waals surface area (Å²) < 4.78 is 16.9. The Balaban J connectivity index is 1.78. The molecule has 1 fully saturated rings. The summed E-state index contributed by atoms with van der Waals surface area (Å²) >= 11 is 0. The summed E-state index contributed by atoms with van der Waals surface area (Å²) in [5.41, 5.74) is 1.04. The summed E-state index contributed by atoms with van der Waals surface area (Å²) in [4.78, 5) is 14.0. The number of benzene rings is 1. The van der Waals surface area contributed by atoms with Gasteiger partial charge >= 0.3 is 6.03 Å². The number of ether oxygens (including phenoxy) is 1. The molecule has 2 amide bonds. The molecule has 1 heterocycles. The van der Waals surface area contributed by atoms with Gasteiger partial charge in [-0.2, -0.15) is 0 Å². The second-order valence-electron chi connectivity index (χ2n) is 5.84. The Bertz CT molecular complexity index is 523. The van der Waals surface area contributed by atoms with Gasteiger partial charge in [-0.3, -0.25) is 4.21 Å². The van der Waals surface area contributed by atoms with E-state index in [-0.39, 0.29) is 12.1 Å². The molecule has 1 aliphatic heterocycles. The molecule has 0 aliphatic carbocycles. The van der Waals surface area contributed by atoms with Crippen LogP contribution in [0.4, 0.5) is 4.79 Å². The minimum absolute atomic E-state index is 0.0750. The van der Waals surface area contributed by atoms with E-state index in [0.29, 0.717) is 24.7 Å². The zero-order valence-electron chi connectivity index (χ0n) is 13.9. The molecule has 0 aromatic heterocycles. The van der Waals surface area contributed by atoms with Crippen LogP contribution >= 0.6 is 0 Å². The van der Waals surface area contributed by atoms with Crippen LogP contribution in [0.25, 0.3) is 0 Å². The topological polar surface area (TPSA) is 58.6 Å². The van der Waals surface area contributed by atoms with Crippen molar-refractivity contribution in [2.75, 3.05) is 25.2 Å². The third kappa shape index (κ3) is 5.53. The molecule has 5 nitrogen and oxygen atoms in total. The van der Waals surface area contributed by atoms with E-state index in [2.05, 4.69) is 12.2 Å². The van der Waals surface area contributed by atoms with Gasteiger partial charge < -0.3 is 15.0 Å². The quantitative estimate of drug-likeness (QED) is 0.867. The summed E-state index contributed by atoms with van der Waals surface area (Å²) in [6.07, 6.45) is 2.62. The van der Waals surface area contributed by atoms with Crippen molar-refractivity contribution in [1.82, 2.24) is 10.2 Å². The number of hydrogen-bond acceptors (Lipinski definition) is 3. The van der Waals surface area contributed by atoms with E-state index in [1.807, 2.05) is 31.3 Å². The number of hydrogen-bond donors (Lipinski definition) is 1. The van der Waals surface area contributed by atoms with Crippen LogP contribution in [-0.2, 0) is 17.3 Å². The number of carbonyl (C=O) groups excluding carboxylic acids is 1. The highest BCUT2D eigenvalue weighted by Gasteiger charge is 2.24. The molecular formula is C17H26N2O3S. The number of nitrogens with one attached hydrogen (secondary N) is 1. The van der Waals surface area contributed by atoms with Crippen molar-refractivity contribution in [3.63, 3.8) is 0 Å². The normalized spacial score (nSPS) is 20.8. The Kier molecular flexibility index (Phi) is 6.89. The molecule has 0 unspecified atom stereocenters. The van der Waals surface area contributed by atoms with Crippen LogP contribution < -0.4 is 10.1 Å². The van der Waals surface area contributed by atoms with Crippen LogP contribution in [0, 0.1) is 0 Å². The summed E-state index contributed by atoms with van der Waals surface area (Å²) in [6, 6.07) is 7.91. The van der Waals surface area contributed by atoms with E-state index in [4.69, 9.17) is 4.74 Å². The molecule has 1 aromatic carbocycles. The molecule has 1 aliphatic rings. The Morgan fingerprint density at radius 2 is 1.96 bits per heavy atom. The number of rotatable bonds is 6. The molecule has 0 spiro atoms. The van der Waals surface area contributed by atoms with Crippen molar-refractivity contribution < 1.29 is 13.7 Å². The van der Waals surface area contributed by atoms with Crippen LogP contribution in [0.1, 0.15) is 31.7 Å². The first-order valence-corrected chi connectivity index (χ1v) is 9.66. The van der Waals surface area contributed by atoms with Gasteiger partial charge in [-0.05, 0) is 37.0 Å². The fourth-order valence-electron chi connectivity index (χ4n) is 2.56. The van der Waals surface area contributed by atoms with Crippen molar-refractivity contribution in [2.45, 2.75) is 38.8 Å². The van der Waals surface area contributed by atoms with Crippen molar-refractivity contribution >= 4 is 16.8 Å². The van der Waals surface area contributed by atoms with Gasteiger partial charge in [0.15, 0.2) is 0 Å². The molecule has 0 bridgehead atoms. The van der Waals surface area contributed by atoms with Crippen LogP contribution in [0.3, 0.4) is 0 Å². The molecular weight excluding hydrogens is 312 g/mol. The zero-order chi connectivity index (χ0) is 16.7. The maximum Gasteiger partial charge on any atom is 0.317 e. The van der Waals surface area contributed by atoms with Gasteiger partial charge in [-0.15, -0.1) is 0 Å².